The number of benzene rings is 1. The third-order valence-electron chi connectivity index (χ3n) is 2.90. The largest absolute Gasteiger partial charge is 0.492 e. The number of hydrogen-bond acceptors (Lipinski definition) is 7. The first kappa shape index (κ1) is 16.8. The van der Waals surface area contributed by atoms with Gasteiger partial charge in [-0.3, -0.25) is 4.79 Å². The van der Waals surface area contributed by atoms with Crippen LogP contribution in [0.1, 0.15) is 27.9 Å². The number of carbonyl (C=O) groups is 1. The summed E-state index contributed by atoms with van der Waals surface area (Å²) in [4.78, 5) is 16.5. The van der Waals surface area contributed by atoms with Gasteiger partial charge in [0.2, 0.25) is 0 Å². The second-order valence-electron chi connectivity index (χ2n) is 4.48. The van der Waals surface area contributed by atoms with Crippen molar-refractivity contribution < 1.29 is 14.3 Å². The number of hydrazone groups is 1. The van der Waals surface area contributed by atoms with Gasteiger partial charge >= 0.3 is 0 Å². The van der Waals surface area contributed by atoms with Gasteiger partial charge < -0.3 is 15.2 Å². The highest BCUT2D eigenvalue weighted by molar-refractivity contribution is 7.17. The second-order valence-corrected chi connectivity index (χ2v) is 5.51. The number of aromatic nitrogens is 1. The van der Waals surface area contributed by atoms with Gasteiger partial charge in [0.25, 0.3) is 5.91 Å². The molecule has 1 heterocycles. The van der Waals surface area contributed by atoms with E-state index in [-0.39, 0.29) is 5.91 Å². The van der Waals surface area contributed by atoms with Crippen LogP contribution in [-0.2, 0) is 0 Å². The molecule has 1 amide bonds. The van der Waals surface area contributed by atoms with Crippen LogP contribution in [0.4, 0.5) is 5.13 Å². The number of nitrogens with one attached hydrogen (secondary N) is 1. The standard InChI is InChI=1S/C15H18N4O3S/c1-4-22-11-7-5-6-10(12(11)21-3)8-17-19-14(20)13-9(2)18-15(16)23-13/h5-8H,4H2,1-3H3,(H2,16,18)(H,19,20)/b17-8-. The maximum absolute atomic E-state index is 12.0. The number of nitrogens with two attached hydrogens (primary N) is 1. The summed E-state index contributed by atoms with van der Waals surface area (Å²) in [7, 11) is 1.55. The van der Waals surface area contributed by atoms with Gasteiger partial charge in [-0.1, -0.05) is 17.4 Å². The molecule has 1 aromatic heterocycles. The molecule has 0 spiro atoms. The molecular formula is C15H18N4O3S. The fraction of sp³-hybridized carbons (Fsp3) is 0.267. The third-order valence-corrected chi connectivity index (χ3v) is 3.89. The number of rotatable bonds is 6. The second kappa shape index (κ2) is 7.59. The predicted molar refractivity (Wildman–Crippen MR) is 90.5 cm³/mol. The number of amides is 1. The van der Waals surface area contributed by atoms with Crippen molar-refractivity contribution in [3.63, 3.8) is 0 Å². The molecule has 23 heavy (non-hydrogen) atoms. The zero-order valence-electron chi connectivity index (χ0n) is 13.1. The monoisotopic (exact) mass is 334 g/mol. The summed E-state index contributed by atoms with van der Waals surface area (Å²) in [5.74, 6) is 0.829. The van der Waals surface area contributed by atoms with E-state index in [1.54, 1.807) is 14.0 Å². The molecule has 1 aromatic carbocycles. The Balaban J connectivity index is 2.13. The molecule has 2 aromatic rings. The smallest absolute Gasteiger partial charge is 0.283 e. The first-order valence-corrected chi connectivity index (χ1v) is 7.74. The van der Waals surface area contributed by atoms with Crippen molar-refractivity contribution in [2.24, 2.45) is 5.10 Å². The van der Waals surface area contributed by atoms with E-state index < -0.39 is 0 Å². The lowest BCUT2D eigenvalue weighted by Crippen LogP contribution is -2.17. The van der Waals surface area contributed by atoms with Crippen molar-refractivity contribution in [3.05, 3.63) is 34.3 Å². The summed E-state index contributed by atoms with van der Waals surface area (Å²) in [6.45, 7) is 4.14. The van der Waals surface area contributed by atoms with E-state index in [0.29, 0.717) is 39.4 Å². The predicted octanol–water partition coefficient (Wildman–Crippen LogP) is 2.20. The number of anilines is 1. The van der Waals surface area contributed by atoms with Crippen LogP contribution < -0.4 is 20.6 Å². The number of aryl methyl sites for hydroxylation is 1. The van der Waals surface area contributed by atoms with Gasteiger partial charge in [-0.05, 0) is 26.0 Å². The topological polar surface area (TPSA) is 98.8 Å². The Hall–Kier alpha value is -2.61. The van der Waals surface area contributed by atoms with Crippen molar-refractivity contribution in [2.45, 2.75) is 13.8 Å². The van der Waals surface area contributed by atoms with Crippen LogP contribution in [0.15, 0.2) is 23.3 Å². The molecule has 0 saturated carbocycles. The molecule has 7 nitrogen and oxygen atoms in total. The molecule has 3 N–H and O–H groups in total. The van der Waals surface area contributed by atoms with Gasteiger partial charge in [-0.15, -0.1) is 0 Å². The van der Waals surface area contributed by atoms with Crippen LogP contribution in [0, 0.1) is 6.92 Å². The van der Waals surface area contributed by atoms with Gasteiger partial charge in [0.15, 0.2) is 16.6 Å². The summed E-state index contributed by atoms with van der Waals surface area (Å²) in [6.07, 6.45) is 1.50. The van der Waals surface area contributed by atoms with Crippen molar-refractivity contribution in [2.75, 3.05) is 19.5 Å². The third kappa shape index (κ3) is 3.98. The fourth-order valence-corrected chi connectivity index (χ4v) is 2.68. The van der Waals surface area contributed by atoms with Crippen molar-refractivity contribution in [1.29, 1.82) is 0 Å². The number of carbonyl (C=O) groups excluding carboxylic acids is 1. The molecule has 0 aliphatic heterocycles. The van der Waals surface area contributed by atoms with E-state index in [4.69, 9.17) is 15.2 Å². The first-order chi connectivity index (χ1) is 11.1. The number of nitrogen functional groups attached to an aromatic ring is 1. The highest BCUT2D eigenvalue weighted by Gasteiger charge is 2.13. The zero-order chi connectivity index (χ0) is 16.8. The molecule has 0 radical (unpaired) electrons. The van der Waals surface area contributed by atoms with Gasteiger partial charge in [-0.2, -0.15) is 5.10 Å². The van der Waals surface area contributed by atoms with Crippen LogP contribution in [0.2, 0.25) is 0 Å². The molecule has 0 unspecified atom stereocenters. The minimum absolute atomic E-state index is 0.350. The van der Waals surface area contributed by atoms with E-state index in [0.717, 1.165) is 11.3 Å². The fourth-order valence-electron chi connectivity index (χ4n) is 1.96. The van der Waals surface area contributed by atoms with Crippen LogP contribution in [0.5, 0.6) is 11.5 Å². The number of methoxy groups -OCH3 is 1. The Morgan fingerprint density at radius 3 is 2.91 bits per heavy atom. The Kier molecular flexibility index (Phi) is 5.53. The lowest BCUT2D eigenvalue weighted by molar-refractivity contribution is 0.0958. The average Bonchev–Trinajstić information content (AvgIpc) is 2.86. The highest BCUT2D eigenvalue weighted by Crippen LogP contribution is 2.29. The van der Waals surface area contributed by atoms with Crippen molar-refractivity contribution in [1.82, 2.24) is 10.4 Å². The van der Waals surface area contributed by atoms with E-state index in [1.165, 1.54) is 6.21 Å². The van der Waals surface area contributed by atoms with E-state index in [1.807, 2.05) is 25.1 Å². The molecule has 0 atom stereocenters. The number of thiazole rings is 1. The van der Waals surface area contributed by atoms with E-state index in [9.17, 15) is 4.79 Å². The van der Waals surface area contributed by atoms with Gasteiger partial charge in [0, 0.05) is 5.56 Å². The number of para-hydroxylation sites is 1. The number of ether oxygens (including phenoxy) is 2. The zero-order valence-corrected chi connectivity index (χ0v) is 13.9. The molecule has 0 aliphatic rings. The lowest BCUT2D eigenvalue weighted by atomic mass is 10.2. The van der Waals surface area contributed by atoms with Crippen LogP contribution in [0.3, 0.4) is 0 Å². The molecule has 122 valence electrons. The Morgan fingerprint density at radius 1 is 1.52 bits per heavy atom. The van der Waals surface area contributed by atoms with E-state index >= 15 is 0 Å². The van der Waals surface area contributed by atoms with Gasteiger partial charge in [-0.25, -0.2) is 10.4 Å². The van der Waals surface area contributed by atoms with Crippen molar-refractivity contribution >= 4 is 28.6 Å². The lowest BCUT2D eigenvalue weighted by Gasteiger charge is -2.11. The Bertz CT molecular complexity index is 728. The first-order valence-electron chi connectivity index (χ1n) is 6.93. The minimum atomic E-state index is -0.354. The summed E-state index contributed by atoms with van der Waals surface area (Å²) in [6, 6.07) is 5.44. The quantitative estimate of drug-likeness (QED) is 0.623. The van der Waals surface area contributed by atoms with Crippen molar-refractivity contribution in [3.8, 4) is 11.5 Å². The SMILES string of the molecule is CCOc1cccc(/C=N\NC(=O)c2sc(N)nc2C)c1OC. The Morgan fingerprint density at radius 2 is 2.30 bits per heavy atom. The minimum Gasteiger partial charge on any atom is -0.492 e. The summed E-state index contributed by atoms with van der Waals surface area (Å²) in [5.41, 5.74) is 9.31. The summed E-state index contributed by atoms with van der Waals surface area (Å²) >= 11 is 1.12. The average molecular weight is 334 g/mol. The molecule has 0 aliphatic carbocycles. The molecule has 0 bridgehead atoms. The summed E-state index contributed by atoms with van der Waals surface area (Å²) < 4.78 is 10.8. The van der Waals surface area contributed by atoms with Crippen LogP contribution in [-0.4, -0.2) is 30.8 Å². The molecule has 0 saturated heterocycles. The molecular weight excluding hydrogens is 316 g/mol. The van der Waals surface area contributed by atoms with Crippen LogP contribution in [0.25, 0.3) is 0 Å². The van der Waals surface area contributed by atoms with Gasteiger partial charge in [0.05, 0.1) is 25.6 Å². The number of nitrogens with zero attached hydrogens (tertiary/aromatic N) is 2. The number of hydrogen-bond donors (Lipinski definition) is 2. The highest BCUT2D eigenvalue weighted by atomic mass is 32.1. The van der Waals surface area contributed by atoms with Crippen LogP contribution >= 0.6 is 11.3 Å². The summed E-state index contributed by atoms with van der Waals surface area (Å²) in [5, 5.41) is 4.31. The van der Waals surface area contributed by atoms with Gasteiger partial charge in [0.1, 0.15) is 4.88 Å². The molecule has 8 heteroatoms. The molecule has 2 rings (SSSR count). The maximum Gasteiger partial charge on any atom is 0.283 e. The Labute approximate surface area is 138 Å². The maximum atomic E-state index is 12.0. The normalized spacial score (nSPS) is 10.7. The van der Waals surface area contributed by atoms with E-state index in [2.05, 4.69) is 15.5 Å². The molecule has 0 fully saturated rings.